The van der Waals surface area contributed by atoms with Crippen LogP contribution in [0.15, 0.2) is 9.98 Å². The Labute approximate surface area is 84.3 Å². The molecular weight excluding hydrogens is 240 g/mol. The van der Waals surface area contributed by atoms with Crippen LogP contribution >= 0.6 is 27.3 Å². The van der Waals surface area contributed by atoms with Crippen molar-refractivity contribution in [3.8, 4) is 0 Å². The van der Waals surface area contributed by atoms with Gasteiger partial charge in [-0.3, -0.25) is 0 Å². The number of nitrogens with one attached hydrogen (secondary N) is 1. The van der Waals surface area contributed by atoms with E-state index in [4.69, 9.17) is 4.74 Å². The maximum Gasteiger partial charge on any atom is 0.183 e. The van der Waals surface area contributed by atoms with Crippen molar-refractivity contribution in [1.82, 2.24) is 4.98 Å². The maximum atomic E-state index is 5.08. The highest BCUT2D eigenvalue weighted by Gasteiger charge is 2.01. The summed E-state index contributed by atoms with van der Waals surface area (Å²) in [6, 6.07) is 0. The van der Waals surface area contributed by atoms with Crippen molar-refractivity contribution in [3.05, 3.63) is 9.98 Å². The zero-order valence-electron chi connectivity index (χ0n) is 7.00. The lowest BCUT2D eigenvalue weighted by atomic mass is 10.4. The molecular formula is C7H11BrN2OS. The molecule has 0 spiro atoms. The van der Waals surface area contributed by atoms with Crippen LogP contribution in [0.1, 0.15) is 6.92 Å². The van der Waals surface area contributed by atoms with Gasteiger partial charge in [0.1, 0.15) is 0 Å². The SMILES string of the molecule is COC(C)CNc1ncc(Br)s1. The minimum atomic E-state index is 0.215. The van der Waals surface area contributed by atoms with E-state index < -0.39 is 0 Å². The minimum Gasteiger partial charge on any atom is -0.380 e. The van der Waals surface area contributed by atoms with Crippen LogP contribution in [0.4, 0.5) is 5.13 Å². The molecule has 1 aromatic heterocycles. The Morgan fingerprint density at radius 2 is 2.58 bits per heavy atom. The fourth-order valence-electron chi connectivity index (χ4n) is 0.651. The fraction of sp³-hybridized carbons (Fsp3) is 0.571. The van der Waals surface area contributed by atoms with Crippen LogP contribution in [-0.4, -0.2) is 24.7 Å². The zero-order chi connectivity index (χ0) is 8.97. The number of methoxy groups -OCH3 is 1. The molecule has 12 heavy (non-hydrogen) atoms. The summed E-state index contributed by atoms with van der Waals surface area (Å²) in [7, 11) is 1.70. The van der Waals surface area contributed by atoms with Crippen molar-refractivity contribution >= 4 is 32.4 Å². The molecule has 0 fully saturated rings. The van der Waals surface area contributed by atoms with Crippen LogP contribution in [0.3, 0.4) is 0 Å². The van der Waals surface area contributed by atoms with E-state index in [1.807, 2.05) is 6.92 Å². The second-order valence-electron chi connectivity index (χ2n) is 2.40. The monoisotopic (exact) mass is 250 g/mol. The number of halogens is 1. The normalized spacial score (nSPS) is 12.9. The topological polar surface area (TPSA) is 34.1 Å². The van der Waals surface area contributed by atoms with Gasteiger partial charge in [-0.05, 0) is 22.9 Å². The average Bonchev–Trinajstić information content (AvgIpc) is 2.47. The largest absolute Gasteiger partial charge is 0.380 e. The highest BCUT2D eigenvalue weighted by atomic mass is 79.9. The Morgan fingerprint density at radius 3 is 3.08 bits per heavy atom. The molecule has 0 saturated carbocycles. The Kier molecular flexibility index (Phi) is 3.97. The quantitative estimate of drug-likeness (QED) is 0.891. The Balaban J connectivity index is 2.33. The van der Waals surface area contributed by atoms with E-state index in [9.17, 15) is 0 Å². The maximum absolute atomic E-state index is 5.08. The highest BCUT2D eigenvalue weighted by Crippen LogP contribution is 2.22. The van der Waals surface area contributed by atoms with E-state index in [1.54, 1.807) is 24.6 Å². The third-order valence-electron chi connectivity index (χ3n) is 1.42. The predicted molar refractivity (Wildman–Crippen MR) is 54.8 cm³/mol. The van der Waals surface area contributed by atoms with Gasteiger partial charge in [0, 0.05) is 13.7 Å². The number of aromatic nitrogens is 1. The van der Waals surface area contributed by atoms with Gasteiger partial charge in [-0.25, -0.2) is 4.98 Å². The summed E-state index contributed by atoms with van der Waals surface area (Å²) in [6.07, 6.45) is 2.00. The molecule has 68 valence electrons. The van der Waals surface area contributed by atoms with Gasteiger partial charge in [-0.15, -0.1) is 0 Å². The number of anilines is 1. The Hall–Kier alpha value is -0.130. The summed E-state index contributed by atoms with van der Waals surface area (Å²) < 4.78 is 6.12. The molecule has 0 saturated heterocycles. The molecule has 0 aliphatic rings. The smallest absolute Gasteiger partial charge is 0.183 e. The van der Waals surface area contributed by atoms with E-state index >= 15 is 0 Å². The van der Waals surface area contributed by atoms with Gasteiger partial charge in [-0.2, -0.15) is 0 Å². The lowest BCUT2D eigenvalue weighted by molar-refractivity contribution is 0.129. The number of rotatable bonds is 4. The molecule has 1 unspecified atom stereocenters. The first-order valence-electron chi connectivity index (χ1n) is 3.60. The molecule has 5 heteroatoms. The van der Waals surface area contributed by atoms with Gasteiger partial charge in [0.25, 0.3) is 0 Å². The van der Waals surface area contributed by atoms with Gasteiger partial charge >= 0.3 is 0 Å². The average molecular weight is 251 g/mol. The van der Waals surface area contributed by atoms with Crippen molar-refractivity contribution in [3.63, 3.8) is 0 Å². The first-order valence-corrected chi connectivity index (χ1v) is 5.21. The predicted octanol–water partition coefficient (Wildman–Crippen LogP) is 2.35. The van der Waals surface area contributed by atoms with Crippen molar-refractivity contribution in [2.24, 2.45) is 0 Å². The van der Waals surface area contributed by atoms with Crippen LogP contribution in [0.2, 0.25) is 0 Å². The molecule has 3 nitrogen and oxygen atoms in total. The van der Waals surface area contributed by atoms with E-state index in [0.717, 1.165) is 15.5 Å². The summed E-state index contributed by atoms with van der Waals surface area (Å²) in [6.45, 7) is 2.80. The Morgan fingerprint density at radius 1 is 1.83 bits per heavy atom. The standard InChI is InChI=1S/C7H11BrN2OS/c1-5(11-2)3-9-7-10-4-6(8)12-7/h4-5H,3H2,1-2H3,(H,9,10). The molecule has 1 atom stereocenters. The summed E-state index contributed by atoms with van der Waals surface area (Å²) in [4.78, 5) is 4.13. The highest BCUT2D eigenvalue weighted by molar-refractivity contribution is 9.11. The lowest BCUT2D eigenvalue weighted by Crippen LogP contribution is -2.17. The van der Waals surface area contributed by atoms with Gasteiger partial charge in [0.15, 0.2) is 5.13 Å². The first-order chi connectivity index (χ1) is 5.72. The van der Waals surface area contributed by atoms with Gasteiger partial charge < -0.3 is 10.1 Å². The molecule has 0 aliphatic heterocycles. The van der Waals surface area contributed by atoms with Crippen LogP contribution in [0.5, 0.6) is 0 Å². The van der Waals surface area contributed by atoms with Crippen molar-refractivity contribution < 1.29 is 4.74 Å². The number of ether oxygens (including phenoxy) is 1. The summed E-state index contributed by atoms with van der Waals surface area (Å²) in [5.41, 5.74) is 0. The minimum absolute atomic E-state index is 0.215. The second-order valence-corrected chi connectivity index (χ2v) is 4.81. The van der Waals surface area contributed by atoms with E-state index in [0.29, 0.717) is 0 Å². The molecule has 1 aromatic rings. The molecule has 0 aromatic carbocycles. The van der Waals surface area contributed by atoms with Crippen LogP contribution in [0.25, 0.3) is 0 Å². The molecule has 1 rings (SSSR count). The Bertz CT molecular complexity index is 241. The molecule has 0 radical (unpaired) electrons. The number of hydrogen-bond donors (Lipinski definition) is 1. The second kappa shape index (κ2) is 4.79. The van der Waals surface area contributed by atoms with E-state index in [1.165, 1.54) is 0 Å². The van der Waals surface area contributed by atoms with Gasteiger partial charge in [-0.1, -0.05) is 11.3 Å². The van der Waals surface area contributed by atoms with Crippen LogP contribution < -0.4 is 5.32 Å². The summed E-state index contributed by atoms with van der Waals surface area (Å²) in [5.74, 6) is 0. The lowest BCUT2D eigenvalue weighted by Gasteiger charge is -2.08. The fourth-order valence-corrected chi connectivity index (χ4v) is 1.76. The van der Waals surface area contributed by atoms with E-state index in [2.05, 4.69) is 26.2 Å². The number of hydrogen-bond acceptors (Lipinski definition) is 4. The third kappa shape index (κ3) is 3.08. The van der Waals surface area contributed by atoms with Crippen LogP contribution in [-0.2, 0) is 4.74 Å². The molecule has 0 amide bonds. The summed E-state index contributed by atoms with van der Waals surface area (Å²) >= 11 is 4.92. The van der Waals surface area contributed by atoms with Gasteiger partial charge in [0.2, 0.25) is 0 Å². The van der Waals surface area contributed by atoms with Crippen molar-refractivity contribution in [1.29, 1.82) is 0 Å². The van der Waals surface area contributed by atoms with Crippen molar-refractivity contribution in [2.45, 2.75) is 13.0 Å². The number of thiazole rings is 1. The van der Waals surface area contributed by atoms with Gasteiger partial charge in [0.05, 0.1) is 16.1 Å². The molecule has 0 aliphatic carbocycles. The number of nitrogens with zero attached hydrogens (tertiary/aromatic N) is 1. The zero-order valence-corrected chi connectivity index (χ0v) is 9.41. The molecule has 0 bridgehead atoms. The molecule has 1 heterocycles. The third-order valence-corrected chi connectivity index (χ3v) is 2.85. The van der Waals surface area contributed by atoms with Crippen LogP contribution in [0, 0.1) is 0 Å². The summed E-state index contributed by atoms with van der Waals surface area (Å²) in [5, 5.41) is 4.09. The van der Waals surface area contributed by atoms with Crippen molar-refractivity contribution in [2.75, 3.05) is 19.0 Å². The molecule has 1 N–H and O–H groups in total. The van der Waals surface area contributed by atoms with E-state index in [-0.39, 0.29) is 6.10 Å². The first kappa shape index (κ1) is 9.95.